The Balaban J connectivity index is 1.18. The maximum absolute atomic E-state index is 12.5. The predicted octanol–water partition coefficient (Wildman–Crippen LogP) is 3.81. The molecule has 0 unspecified atom stereocenters. The van der Waals surface area contributed by atoms with Crippen LogP contribution in [-0.4, -0.2) is 34.1 Å². The standard InChI is InChI=1S/C24H30N2O5S/c27-24(26-21-10-6-8-18-7-3-4-9-20(18)21)11-2-1-5-14-25-32(28,29)19-12-13-22-23(17-19)31-16-15-30-22/h6,8,10,12-13,17,25H,1-5,7,9,11,14-16H2,(H,26,27). The number of hydrogen-bond acceptors (Lipinski definition) is 5. The zero-order valence-corrected chi connectivity index (χ0v) is 19.0. The van der Waals surface area contributed by atoms with Gasteiger partial charge in [-0.2, -0.15) is 0 Å². The van der Waals surface area contributed by atoms with E-state index in [0.717, 1.165) is 24.9 Å². The quantitative estimate of drug-likeness (QED) is 0.557. The lowest BCUT2D eigenvalue weighted by Gasteiger charge is -2.19. The smallest absolute Gasteiger partial charge is 0.240 e. The van der Waals surface area contributed by atoms with Gasteiger partial charge in [0.2, 0.25) is 15.9 Å². The van der Waals surface area contributed by atoms with Crippen LogP contribution in [-0.2, 0) is 27.7 Å². The number of amides is 1. The number of nitrogens with one attached hydrogen (secondary N) is 2. The first-order valence-corrected chi connectivity index (χ1v) is 12.8. The Morgan fingerprint density at radius 1 is 0.938 bits per heavy atom. The van der Waals surface area contributed by atoms with Crippen molar-refractivity contribution in [2.45, 2.75) is 56.3 Å². The number of carbonyl (C=O) groups excluding carboxylic acids is 1. The number of aryl methyl sites for hydroxylation is 1. The molecule has 1 aliphatic carbocycles. The molecule has 0 radical (unpaired) electrons. The molecule has 2 aromatic carbocycles. The predicted molar refractivity (Wildman–Crippen MR) is 123 cm³/mol. The summed E-state index contributed by atoms with van der Waals surface area (Å²) in [5, 5.41) is 3.06. The zero-order valence-electron chi connectivity index (χ0n) is 18.2. The lowest BCUT2D eigenvalue weighted by molar-refractivity contribution is -0.116. The first-order chi connectivity index (χ1) is 15.5. The monoisotopic (exact) mass is 458 g/mol. The van der Waals surface area contributed by atoms with E-state index >= 15 is 0 Å². The summed E-state index contributed by atoms with van der Waals surface area (Å²) in [5.41, 5.74) is 3.57. The van der Waals surface area contributed by atoms with E-state index in [1.165, 1.54) is 36.1 Å². The van der Waals surface area contributed by atoms with Crippen LogP contribution in [0, 0.1) is 0 Å². The van der Waals surface area contributed by atoms with Crippen molar-refractivity contribution in [1.29, 1.82) is 0 Å². The van der Waals surface area contributed by atoms with Gasteiger partial charge in [-0.25, -0.2) is 13.1 Å². The Kier molecular flexibility index (Phi) is 7.32. The average molecular weight is 459 g/mol. The lowest BCUT2D eigenvalue weighted by atomic mass is 9.90. The van der Waals surface area contributed by atoms with Crippen LogP contribution in [0.2, 0.25) is 0 Å². The number of hydrogen-bond donors (Lipinski definition) is 2. The molecule has 1 amide bonds. The zero-order chi connectivity index (χ0) is 22.4. The van der Waals surface area contributed by atoms with Gasteiger partial charge in [-0.1, -0.05) is 18.6 Å². The van der Waals surface area contributed by atoms with Crippen molar-refractivity contribution in [3.8, 4) is 11.5 Å². The minimum absolute atomic E-state index is 0.0147. The molecule has 0 saturated heterocycles. The first-order valence-electron chi connectivity index (χ1n) is 11.3. The molecule has 172 valence electrons. The van der Waals surface area contributed by atoms with E-state index in [1.54, 1.807) is 6.07 Å². The highest BCUT2D eigenvalue weighted by Gasteiger charge is 2.19. The molecule has 7 nitrogen and oxygen atoms in total. The van der Waals surface area contributed by atoms with Gasteiger partial charge in [0.15, 0.2) is 11.5 Å². The van der Waals surface area contributed by atoms with Crippen LogP contribution in [0.5, 0.6) is 11.5 Å². The highest BCUT2D eigenvalue weighted by molar-refractivity contribution is 7.89. The number of carbonyl (C=O) groups is 1. The van der Waals surface area contributed by atoms with Crippen molar-refractivity contribution in [2.24, 2.45) is 0 Å². The molecule has 2 aromatic rings. The molecule has 2 aliphatic rings. The Bertz CT molecular complexity index is 1070. The van der Waals surface area contributed by atoms with E-state index in [-0.39, 0.29) is 10.8 Å². The highest BCUT2D eigenvalue weighted by Crippen LogP contribution is 2.32. The number of rotatable bonds is 9. The summed E-state index contributed by atoms with van der Waals surface area (Å²) in [6.07, 6.45) is 7.06. The normalized spacial score (nSPS) is 15.1. The van der Waals surface area contributed by atoms with Gasteiger partial charge in [0.05, 0.1) is 4.90 Å². The summed E-state index contributed by atoms with van der Waals surface area (Å²) in [7, 11) is -3.61. The van der Waals surface area contributed by atoms with Crippen molar-refractivity contribution >= 4 is 21.6 Å². The number of anilines is 1. The second kappa shape index (κ2) is 10.4. The topological polar surface area (TPSA) is 93.7 Å². The highest BCUT2D eigenvalue weighted by atomic mass is 32.2. The lowest BCUT2D eigenvalue weighted by Crippen LogP contribution is -2.25. The first kappa shape index (κ1) is 22.6. The summed E-state index contributed by atoms with van der Waals surface area (Å²) >= 11 is 0. The Hall–Kier alpha value is -2.58. The van der Waals surface area contributed by atoms with E-state index < -0.39 is 10.0 Å². The molecule has 0 saturated carbocycles. The Labute approximate surface area is 189 Å². The molecule has 0 atom stereocenters. The van der Waals surface area contributed by atoms with Crippen molar-refractivity contribution in [3.63, 3.8) is 0 Å². The second-order valence-corrected chi connectivity index (χ2v) is 9.98. The molecule has 1 heterocycles. The number of unbranched alkanes of at least 4 members (excludes halogenated alkanes) is 2. The summed E-state index contributed by atoms with van der Waals surface area (Å²) in [6.45, 7) is 1.19. The van der Waals surface area contributed by atoms with Crippen LogP contribution in [0.15, 0.2) is 41.3 Å². The number of fused-ring (bicyclic) bond motifs is 2. The van der Waals surface area contributed by atoms with Gasteiger partial charge in [0.25, 0.3) is 0 Å². The minimum Gasteiger partial charge on any atom is -0.486 e. The van der Waals surface area contributed by atoms with Crippen molar-refractivity contribution in [1.82, 2.24) is 4.72 Å². The summed E-state index contributed by atoms with van der Waals surface area (Å²) in [6, 6.07) is 10.8. The van der Waals surface area contributed by atoms with Gasteiger partial charge in [-0.15, -0.1) is 0 Å². The molecule has 1 aliphatic heterocycles. The van der Waals surface area contributed by atoms with E-state index in [9.17, 15) is 13.2 Å². The molecule has 8 heteroatoms. The van der Waals surface area contributed by atoms with E-state index in [1.807, 2.05) is 12.1 Å². The van der Waals surface area contributed by atoms with Gasteiger partial charge < -0.3 is 14.8 Å². The molecule has 32 heavy (non-hydrogen) atoms. The van der Waals surface area contributed by atoms with Gasteiger partial charge in [0, 0.05) is 24.7 Å². The molecule has 0 spiro atoms. The Morgan fingerprint density at radius 2 is 1.75 bits per heavy atom. The van der Waals surface area contributed by atoms with E-state index in [4.69, 9.17) is 9.47 Å². The molecular weight excluding hydrogens is 428 g/mol. The van der Waals surface area contributed by atoms with Crippen molar-refractivity contribution < 1.29 is 22.7 Å². The second-order valence-electron chi connectivity index (χ2n) is 8.21. The minimum atomic E-state index is -3.61. The van der Waals surface area contributed by atoms with E-state index in [2.05, 4.69) is 16.1 Å². The van der Waals surface area contributed by atoms with Crippen LogP contribution in [0.25, 0.3) is 0 Å². The molecular formula is C24H30N2O5S. The fourth-order valence-corrected chi connectivity index (χ4v) is 5.27. The van der Waals surface area contributed by atoms with Crippen LogP contribution in [0.3, 0.4) is 0 Å². The summed E-state index contributed by atoms with van der Waals surface area (Å²) < 4.78 is 38.5. The summed E-state index contributed by atoms with van der Waals surface area (Å²) in [4.78, 5) is 12.5. The maximum atomic E-state index is 12.5. The van der Waals surface area contributed by atoms with Gasteiger partial charge in [-0.3, -0.25) is 4.79 Å². The third kappa shape index (κ3) is 5.61. The number of ether oxygens (including phenoxy) is 2. The number of benzene rings is 2. The molecule has 0 aromatic heterocycles. The fraction of sp³-hybridized carbons (Fsp3) is 0.458. The third-order valence-electron chi connectivity index (χ3n) is 5.87. The van der Waals surface area contributed by atoms with E-state index in [0.29, 0.717) is 50.5 Å². The molecule has 2 N–H and O–H groups in total. The van der Waals surface area contributed by atoms with Gasteiger partial charge in [0.1, 0.15) is 13.2 Å². The van der Waals surface area contributed by atoms with Gasteiger partial charge in [-0.05, 0) is 67.9 Å². The fourth-order valence-electron chi connectivity index (χ4n) is 4.18. The van der Waals surface area contributed by atoms with Gasteiger partial charge >= 0.3 is 0 Å². The van der Waals surface area contributed by atoms with Crippen molar-refractivity contribution in [2.75, 3.05) is 25.1 Å². The van der Waals surface area contributed by atoms with Crippen LogP contribution in [0.4, 0.5) is 5.69 Å². The average Bonchev–Trinajstić information content (AvgIpc) is 2.81. The number of sulfonamides is 1. The van der Waals surface area contributed by atoms with Crippen molar-refractivity contribution in [3.05, 3.63) is 47.5 Å². The largest absolute Gasteiger partial charge is 0.486 e. The Morgan fingerprint density at radius 3 is 2.62 bits per heavy atom. The van der Waals surface area contributed by atoms with Crippen LogP contribution in [0.1, 0.15) is 49.7 Å². The molecule has 0 fully saturated rings. The molecule has 0 bridgehead atoms. The summed E-state index contributed by atoms with van der Waals surface area (Å²) in [5.74, 6) is 1.02. The van der Waals surface area contributed by atoms with Crippen LogP contribution < -0.4 is 19.5 Å². The SMILES string of the molecule is O=C(CCCCCNS(=O)(=O)c1ccc2c(c1)OCCO2)Nc1cccc2c1CCCC2. The van der Waals surface area contributed by atoms with Crippen LogP contribution >= 0.6 is 0 Å². The molecule has 4 rings (SSSR count). The maximum Gasteiger partial charge on any atom is 0.240 e. The third-order valence-corrected chi connectivity index (χ3v) is 7.33.